The Morgan fingerprint density at radius 1 is 1.57 bits per heavy atom. The fourth-order valence-corrected chi connectivity index (χ4v) is 3.37. The first kappa shape index (κ1) is 14.5. The predicted octanol–water partition coefficient (Wildman–Crippen LogP) is 0.666. The van der Waals surface area contributed by atoms with Crippen molar-refractivity contribution in [2.24, 2.45) is 11.7 Å². The van der Waals surface area contributed by atoms with Gasteiger partial charge in [-0.05, 0) is 25.2 Å². The standard InChI is InChI=1S/C14H20N4O2S/c15-11(9-3-4-9)7-16-12(19)6-10-8-21-14(17-10)18-5-1-2-13(18)20/h8-9,11H,1-7,15H2,(H,16,19). The molecule has 2 heterocycles. The van der Waals surface area contributed by atoms with Gasteiger partial charge in [0, 0.05) is 30.9 Å². The second-order valence-corrected chi connectivity index (χ2v) is 6.59. The normalized spacial score (nSPS) is 19.9. The van der Waals surface area contributed by atoms with Gasteiger partial charge < -0.3 is 11.1 Å². The van der Waals surface area contributed by atoms with Crippen molar-refractivity contribution in [3.63, 3.8) is 0 Å². The van der Waals surface area contributed by atoms with Crippen LogP contribution in [0, 0.1) is 5.92 Å². The van der Waals surface area contributed by atoms with E-state index in [4.69, 9.17) is 5.73 Å². The van der Waals surface area contributed by atoms with Gasteiger partial charge in [-0.2, -0.15) is 0 Å². The SMILES string of the molecule is NC(CNC(=O)Cc1csc(N2CCCC2=O)n1)C1CC1. The van der Waals surface area contributed by atoms with Crippen LogP contribution in [0.15, 0.2) is 5.38 Å². The maximum absolute atomic E-state index is 11.9. The minimum Gasteiger partial charge on any atom is -0.354 e. The van der Waals surface area contributed by atoms with Gasteiger partial charge >= 0.3 is 0 Å². The van der Waals surface area contributed by atoms with Gasteiger partial charge in [-0.1, -0.05) is 0 Å². The van der Waals surface area contributed by atoms with E-state index in [2.05, 4.69) is 10.3 Å². The van der Waals surface area contributed by atoms with Gasteiger partial charge in [0.05, 0.1) is 12.1 Å². The van der Waals surface area contributed by atoms with E-state index >= 15 is 0 Å². The molecule has 2 aliphatic rings. The number of hydrogen-bond donors (Lipinski definition) is 2. The number of amides is 2. The number of aromatic nitrogens is 1. The van der Waals surface area contributed by atoms with Crippen molar-refractivity contribution in [2.75, 3.05) is 18.0 Å². The van der Waals surface area contributed by atoms with Gasteiger partial charge in [0.2, 0.25) is 11.8 Å². The molecule has 2 amide bonds. The van der Waals surface area contributed by atoms with E-state index in [0.29, 0.717) is 29.7 Å². The Balaban J connectivity index is 1.49. The number of nitrogens with two attached hydrogens (primary N) is 1. The van der Waals surface area contributed by atoms with E-state index in [1.807, 2.05) is 5.38 Å². The Hall–Kier alpha value is -1.47. The zero-order chi connectivity index (χ0) is 14.8. The number of anilines is 1. The zero-order valence-corrected chi connectivity index (χ0v) is 12.7. The van der Waals surface area contributed by atoms with Crippen LogP contribution >= 0.6 is 11.3 Å². The fraction of sp³-hybridized carbons (Fsp3) is 0.643. The maximum atomic E-state index is 11.9. The molecule has 0 radical (unpaired) electrons. The topological polar surface area (TPSA) is 88.3 Å². The van der Waals surface area contributed by atoms with Crippen molar-refractivity contribution in [2.45, 2.75) is 38.1 Å². The number of rotatable bonds is 6. The van der Waals surface area contributed by atoms with E-state index in [-0.39, 0.29) is 24.3 Å². The smallest absolute Gasteiger partial charge is 0.228 e. The monoisotopic (exact) mass is 308 g/mol. The minimum atomic E-state index is -0.0595. The second-order valence-electron chi connectivity index (χ2n) is 5.75. The summed E-state index contributed by atoms with van der Waals surface area (Å²) in [4.78, 5) is 29.6. The van der Waals surface area contributed by atoms with Crippen molar-refractivity contribution in [3.8, 4) is 0 Å². The van der Waals surface area contributed by atoms with Crippen LogP contribution in [0.25, 0.3) is 0 Å². The molecule has 21 heavy (non-hydrogen) atoms. The quantitative estimate of drug-likeness (QED) is 0.808. The lowest BCUT2D eigenvalue weighted by Crippen LogP contribution is -2.39. The van der Waals surface area contributed by atoms with Crippen molar-refractivity contribution in [1.82, 2.24) is 10.3 Å². The van der Waals surface area contributed by atoms with E-state index in [9.17, 15) is 9.59 Å². The molecule has 3 rings (SSSR count). The highest BCUT2D eigenvalue weighted by Crippen LogP contribution is 2.31. The summed E-state index contributed by atoms with van der Waals surface area (Å²) in [5, 5.41) is 5.41. The third-order valence-corrected chi connectivity index (χ3v) is 4.86. The summed E-state index contributed by atoms with van der Waals surface area (Å²) < 4.78 is 0. The first-order valence-corrected chi connectivity index (χ1v) is 8.28. The van der Waals surface area contributed by atoms with Crippen molar-refractivity contribution in [3.05, 3.63) is 11.1 Å². The Morgan fingerprint density at radius 2 is 2.38 bits per heavy atom. The number of nitrogens with zero attached hydrogens (tertiary/aromatic N) is 2. The largest absolute Gasteiger partial charge is 0.354 e. The molecule has 1 saturated carbocycles. The summed E-state index contributed by atoms with van der Waals surface area (Å²) in [7, 11) is 0. The van der Waals surface area contributed by atoms with Crippen molar-refractivity contribution in [1.29, 1.82) is 0 Å². The van der Waals surface area contributed by atoms with Crippen LogP contribution in [0.5, 0.6) is 0 Å². The average Bonchev–Trinajstić information content (AvgIpc) is 3.08. The van der Waals surface area contributed by atoms with E-state index in [1.165, 1.54) is 24.2 Å². The molecule has 1 aliphatic heterocycles. The lowest BCUT2D eigenvalue weighted by molar-refractivity contribution is -0.120. The van der Waals surface area contributed by atoms with Crippen molar-refractivity contribution < 1.29 is 9.59 Å². The molecule has 7 heteroatoms. The third kappa shape index (κ3) is 3.59. The summed E-state index contributed by atoms with van der Waals surface area (Å²) in [6.07, 6.45) is 4.07. The molecule has 0 spiro atoms. The Morgan fingerprint density at radius 3 is 3.05 bits per heavy atom. The van der Waals surface area contributed by atoms with E-state index in [1.54, 1.807) is 4.90 Å². The molecular formula is C14H20N4O2S. The second kappa shape index (κ2) is 6.11. The first-order valence-electron chi connectivity index (χ1n) is 7.40. The van der Waals surface area contributed by atoms with Gasteiger partial charge in [-0.15, -0.1) is 11.3 Å². The molecule has 114 valence electrons. The minimum absolute atomic E-state index is 0.0595. The summed E-state index contributed by atoms with van der Waals surface area (Å²) in [5.74, 6) is 0.642. The number of carbonyl (C=O) groups excluding carboxylic acids is 2. The molecular weight excluding hydrogens is 288 g/mol. The van der Waals surface area contributed by atoms with E-state index < -0.39 is 0 Å². The predicted molar refractivity (Wildman–Crippen MR) is 81.1 cm³/mol. The Bertz CT molecular complexity index is 541. The molecule has 0 bridgehead atoms. The highest BCUT2D eigenvalue weighted by molar-refractivity contribution is 7.14. The van der Waals surface area contributed by atoms with Gasteiger partial charge in [-0.25, -0.2) is 4.98 Å². The number of hydrogen-bond acceptors (Lipinski definition) is 5. The van der Waals surface area contributed by atoms with Crippen LogP contribution in [0.4, 0.5) is 5.13 Å². The molecule has 1 aromatic rings. The maximum Gasteiger partial charge on any atom is 0.228 e. The molecule has 1 aliphatic carbocycles. The lowest BCUT2D eigenvalue weighted by Gasteiger charge is -2.11. The molecule has 2 fully saturated rings. The van der Waals surface area contributed by atoms with Crippen LogP contribution < -0.4 is 16.0 Å². The third-order valence-electron chi connectivity index (χ3n) is 3.95. The van der Waals surface area contributed by atoms with Crippen LogP contribution in [-0.2, 0) is 16.0 Å². The van der Waals surface area contributed by atoms with Gasteiger partial charge in [0.1, 0.15) is 0 Å². The van der Waals surface area contributed by atoms with Gasteiger partial charge in [0.15, 0.2) is 5.13 Å². The molecule has 3 N–H and O–H groups in total. The number of thiazole rings is 1. The van der Waals surface area contributed by atoms with Crippen molar-refractivity contribution >= 4 is 28.3 Å². The van der Waals surface area contributed by atoms with E-state index in [0.717, 1.165) is 13.0 Å². The lowest BCUT2D eigenvalue weighted by atomic mass is 10.2. The van der Waals surface area contributed by atoms with Crippen LogP contribution in [0.1, 0.15) is 31.4 Å². The fourth-order valence-electron chi connectivity index (χ4n) is 2.50. The summed E-state index contributed by atoms with van der Waals surface area (Å²) in [5.41, 5.74) is 6.67. The van der Waals surface area contributed by atoms with Crippen LogP contribution in [0.2, 0.25) is 0 Å². The van der Waals surface area contributed by atoms with Crippen LogP contribution in [0.3, 0.4) is 0 Å². The molecule has 1 aromatic heterocycles. The average molecular weight is 308 g/mol. The summed E-state index contributed by atoms with van der Waals surface area (Å²) >= 11 is 1.42. The highest BCUT2D eigenvalue weighted by atomic mass is 32.1. The zero-order valence-electron chi connectivity index (χ0n) is 11.9. The molecule has 6 nitrogen and oxygen atoms in total. The highest BCUT2D eigenvalue weighted by Gasteiger charge is 2.28. The van der Waals surface area contributed by atoms with Crippen LogP contribution in [-0.4, -0.2) is 35.9 Å². The Kier molecular flexibility index (Phi) is 4.21. The molecule has 0 aromatic carbocycles. The van der Waals surface area contributed by atoms with Gasteiger partial charge in [-0.3, -0.25) is 14.5 Å². The molecule has 1 atom stereocenters. The summed E-state index contributed by atoms with van der Waals surface area (Å²) in [6, 6.07) is 0.0715. The van der Waals surface area contributed by atoms with Gasteiger partial charge in [0.25, 0.3) is 0 Å². The number of carbonyl (C=O) groups is 2. The molecule has 1 unspecified atom stereocenters. The summed E-state index contributed by atoms with van der Waals surface area (Å²) in [6.45, 7) is 1.26. The first-order chi connectivity index (χ1) is 10.1. The molecule has 1 saturated heterocycles. The number of nitrogens with one attached hydrogen (secondary N) is 1. The Labute approximate surface area is 127 Å².